The molecule has 2 aliphatic heterocycles. The Labute approximate surface area is 102 Å². The molecule has 0 bridgehead atoms. The van der Waals surface area contributed by atoms with Crippen LogP contribution >= 0.6 is 0 Å². The number of ether oxygens (including phenoxy) is 2. The summed E-state index contributed by atoms with van der Waals surface area (Å²) in [5.41, 5.74) is 8.73. The molecule has 1 aromatic carbocycles. The molecule has 3 heteroatoms. The van der Waals surface area contributed by atoms with Gasteiger partial charge in [-0.3, -0.25) is 0 Å². The summed E-state index contributed by atoms with van der Waals surface area (Å²) in [6.45, 7) is 3.57. The Morgan fingerprint density at radius 3 is 3.12 bits per heavy atom. The van der Waals surface area contributed by atoms with Gasteiger partial charge in [0, 0.05) is 25.0 Å². The Morgan fingerprint density at radius 2 is 2.35 bits per heavy atom. The maximum absolute atomic E-state index is 6.30. The Morgan fingerprint density at radius 1 is 1.47 bits per heavy atom. The second-order valence-corrected chi connectivity index (χ2v) is 5.42. The molecule has 0 saturated carbocycles. The average Bonchev–Trinajstić information content (AvgIpc) is 2.84. The SMILES string of the molecule is Cc1ccc2c(c1)CC(CC1(N)CCOC1)O2. The largest absolute Gasteiger partial charge is 0.490 e. The molecule has 0 radical (unpaired) electrons. The van der Waals surface area contributed by atoms with Gasteiger partial charge >= 0.3 is 0 Å². The highest BCUT2D eigenvalue weighted by Crippen LogP contribution is 2.33. The summed E-state index contributed by atoms with van der Waals surface area (Å²) in [7, 11) is 0. The van der Waals surface area contributed by atoms with Crippen molar-refractivity contribution in [2.45, 2.75) is 37.8 Å². The molecule has 2 unspecified atom stereocenters. The van der Waals surface area contributed by atoms with Crippen LogP contribution in [0.15, 0.2) is 18.2 Å². The van der Waals surface area contributed by atoms with Crippen molar-refractivity contribution in [3.63, 3.8) is 0 Å². The molecule has 1 aromatic rings. The molecular formula is C14H19NO2. The summed E-state index contributed by atoms with van der Waals surface area (Å²) in [4.78, 5) is 0. The lowest BCUT2D eigenvalue weighted by Gasteiger charge is -2.25. The van der Waals surface area contributed by atoms with Gasteiger partial charge in [0.15, 0.2) is 0 Å². The minimum atomic E-state index is -0.179. The minimum absolute atomic E-state index is 0.179. The fraction of sp³-hybridized carbons (Fsp3) is 0.571. The second kappa shape index (κ2) is 4.00. The van der Waals surface area contributed by atoms with Gasteiger partial charge in [-0.15, -0.1) is 0 Å². The van der Waals surface area contributed by atoms with E-state index in [1.165, 1.54) is 11.1 Å². The molecule has 17 heavy (non-hydrogen) atoms. The molecule has 0 spiro atoms. The van der Waals surface area contributed by atoms with Gasteiger partial charge < -0.3 is 15.2 Å². The quantitative estimate of drug-likeness (QED) is 0.847. The maximum Gasteiger partial charge on any atom is 0.123 e. The smallest absolute Gasteiger partial charge is 0.123 e. The third-order valence-electron chi connectivity index (χ3n) is 3.73. The Balaban J connectivity index is 1.69. The van der Waals surface area contributed by atoms with Gasteiger partial charge in [-0.2, -0.15) is 0 Å². The molecule has 3 nitrogen and oxygen atoms in total. The van der Waals surface area contributed by atoms with E-state index < -0.39 is 0 Å². The average molecular weight is 233 g/mol. The van der Waals surface area contributed by atoms with Crippen molar-refractivity contribution in [1.82, 2.24) is 0 Å². The van der Waals surface area contributed by atoms with Crippen LogP contribution in [0.3, 0.4) is 0 Å². The van der Waals surface area contributed by atoms with Crippen molar-refractivity contribution in [3.8, 4) is 5.75 Å². The van der Waals surface area contributed by atoms with E-state index in [-0.39, 0.29) is 11.6 Å². The van der Waals surface area contributed by atoms with E-state index in [9.17, 15) is 0 Å². The van der Waals surface area contributed by atoms with Gasteiger partial charge in [0.2, 0.25) is 0 Å². The minimum Gasteiger partial charge on any atom is -0.490 e. The lowest BCUT2D eigenvalue weighted by atomic mass is 9.91. The number of aryl methyl sites for hydroxylation is 1. The molecule has 1 saturated heterocycles. The number of benzene rings is 1. The van der Waals surface area contributed by atoms with Gasteiger partial charge in [-0.25, -0.2) is 0 Å². The predicted molar refractivity (Wildman–Crippen MR) is 66.3 cm³/mol. The summed E-state index contributed by atoms with van der Waals surface area (Å²) in [6, 6.07) is 6.38. The number of hydrogen-bond acceptors (Lipinski definition) is 3. The first kappa shape index (κ1) is 11.1. The molecule has 2 N–H and O–H groups in total. The van der Waals surface area contributed by atoms with Crippen LogP contribution in [0.2, 0.25) is 0 Å². The van der Waals surface area contributed by atoms with Crippen molar-refractivity contribution in [2.24, 2.45) is 5.73 Å². The normalized spacial score (nSPS) is 31.3. The summed E-state index contributed by atoms with van der Waals surface area (Å²) < 4.78 is 11.3. The van der Waals surface area contributed by atoms with Crippen LogP contribution in [0.25, 0.3) is 0 Å². The van der Waals surface area contributed by atoms with Crippen molar-refractivity contribution in [2.75, 3.05) is 13.2 Å². The zero-order valence-electron chi connectivity index (χ0n) is 10.2. The second-order valence-electron chi connectivity index (χ2n) is 5.42. The van der Waals surface area contributed by atoms with Crippen LogP contribution in [-0.2, 0) is 11.2 Å². The van der Waals surface area contributed by atoms with E-state index in [1.807, 2.05) is 0 Å². The summed E-state index contributed by atoms with van der Waals surface area (Å²) in [5, 5.41) is 0. The van der Waals surface area contributed by atoms with Gasteiger partial charge in [-0.1, -0.05) is 17.7 Å². The molecule has 1 fully saturated rings. The van der Waals surface area contributed by atoms with E-state index >= 15 is 0 Å². The Kier molecular flexibility index (Phi) is 2.60. The van der Waals surface area contributed by atoms with Gasteiger partial charge in [0.1, 0.15) is 11.9 Å². The summed E-state index contributed by atoms with van der Waals surface area (Å²) >= 11 is 0. The Hall–Kier alpha value is -1.06. The monoisotopic (exact) mass is 233 g/mol. The fourth-order valence-electron chi connectivity index (χ4n) is 2.80. The van der Waals surface area contributed by atoms with Crippen molar-refractivity contribution >= 4 is 0 Å². The van der Waals surface area contributed by atoms with Crippen molar-refractivity contribution in [3.05, 3.63) is 29.3 Å². The standard InChI is InChI=1S/C14H19NO2/c1-10-2-3-13-11(6-10)7-12(17-13)8-14(15)4-5-16-9-14/h2-3,6,12H,4-5,7-9,15H2,1H3. The Bertz CT molecular complexity index is 424. The van der Waals surface area contributed by atoms with E-state index in [2.05, 4.69) is 25.1 Å². The molecule has 92 valence electrons. The van der Waals surface area contributed by atoms with E-state index in [0.29, 0.717) is 6.61 Å². The number of nitrogens with two attached hydrogens (primary N) is 1. The van der Waals surface area contributed by atoms with E-state index in [0.717, 1.165) is 31.6 Å². The fourth-order valence-corrected chi connectivity index (χ4v) is 2.80. The number of fused-ring (bicyclic) bond motifs is 1. The van der Waals surface area contributed by atoms with Crippen LogP contribution in [0, 0.1) is 6.92 Å². The third kappa shape index (κ3) is 2.17. The zero-order chi connectivity index (χ0) is 11.9. The van der Waals surface area contributed by atoms with E-state index in [1.54, 1.807) is 0 Å². The molecular weight excluding hydrogens is 214 g/mol. The van der Waals surface area contributed by atoms with Crippen LogP contribution in [0.5, 0.6) is 5.75 Å². The summed E-state index contributed by atoms with van der Waals surface area (Å²) in [5.74, 6) is 1.03. The highest BCUT2D eigenvalue weighted by atomic mass is 16.5. The molecule has 0 amide bonds. The third-order valence-corrected chi connectivity index (χ3v) is 3.73. The van der Waals surface area contributed by atoms with Crippen molar-refractivity contribution < 1.29 is 9.47 Å². The first-order valence-corrected chi connectivity index (χ1v) is 6.27. The number of rotatable bonds is 2. The van der Waals surface area contributed by atoms with Crippen molar-refractivity contribution in [1.29, 1.82) is 0 Å². The molecule has 2 aliphatic rings. The van der Waals surface area contributed by atoms with Gasteiger partial charge in [-0.05, 0) is 25.0 Å². The first-order chi connectivity index (χ1) is 8.15. The predicted octanol–water partition coefficient (Wildman–Crippen LogP) is 1.81. The lowest BCUT2D eigenvalue weighted by molar-refractivity contribution is 0.144. The first-order valence-electron chi connectivity index (χ1n) is 6.27. The summed E-state index contributed by atoms with van der Waals surface area (Å²) in [6.07, 6.45) is 3.04. The van der Waals surface area contributed by atoms with Gasteiger partial charge in [0.05, 0.1) is 6.61 Å². The van der Waals surface area contributed by atoms with E-state index in [4.69, 9.17) is 15.2 Å². The topological polar surface area (TPSA) is 44.5 Å². The molecule has 3 rings (SSSR count). The van der Waals surface area contributed by atoms with Crippen LogP contribution in [0.4, 0.5) is 0 Å². The number of hydrogen-bond donors (Lipinski definition) is 1. The zero-order valence-corrected chi connectivity index (χ0v) is 10.2. The molecule has 2 atom stereocenters. The van der Waals surface area contributed by atoms with Crippen LogP contribution in [-0.4, -0.2) is 24.9 Å². The molecule has 0 aliphatic carbocycles. The maximum atomic E-state index is 6.30. The molecule has 0 aromatic heterocycles. The van der Waals surface area contributed by atoms with Crippen LogP contribution in [0.1, 0.15) is 24.0 Å². The van der Waals surface area contributed by atoms with Gasteiger partial charge in [0.25, 0.3) is 0 Å². The highest BCUT2D eigenvalue weighted by molar-refractivity contribution is 5.40. The highest BCUT2D eigenvalue weighted by Gasteiger charge is 2.36. The lowest BCUT2D eigenvalue weighted by Crippen LogP contribution is -2.44. The van der Waals surface area contributed by atoms with Crippen LogP contribution < -0.4 is 10.5 Å². The molecule has 2 heterocycles.